The number of aromatic amines is 1. The molecule has 0 aliphatic rings. The van der Waals surface area contributed by atoms with Crippen LogP contribution in [0.2, 0.25) is 0 Å². The number of rotatable bonds is 3. The molecule has 0 atom stereocenters. The third-order valence-electron chi connectivity index (χ3n) is 2.20. The monoisotopic (exact) mass is 282 g/mol. The van der Waals surface area contributed by atoms with Crippen LogP contribution < -0.4 is 5.56 Å². The lowest BCUT2D eigenvalue weighted by Crippen LogP contribution is -2.13. The Morgan fingerprint density at radius 3 is 3.06 bits per heavy atom. The van der Waals surface area contributed by atoms with E-state index < -0.39 is 0 Å². The quantitative estimate of drug-likeness (QED) is 0.932. The number of aryl methyl sites for hydroxylation is 1. The van der Waals surface area contributed by atoms with Crippen LogP contribution in [-0.4, -0.2) is 19.5 Å². The molecule has 6 heteroatoms. The molecule has 0 spiro atoms. The summed E-state index contributed by atoms with van der Waals surface area (Å²) in [6, 6.07) is 0. The van der Waals surface area contributed by atoms with Gasteiger partial charge in [0.05, 0.1) is 6.33 Å². The van der Waals surface area contributed by atoms with Crippen molar-refractivity contribution in [3.05, 3.63) is 39.4 Å². The predicted octanol–water partition coefficient (Wildman–Crippen LogP) is 1.67. The summed E-state index contributed by atoms with van der Waals surface area (Å²) >= 11 is 3.23. The van der Waals surface area contributed by atoms with E-state index >= 15 is 0 Å². The van der Waals surface area contributed by atoms with Crippen molar-refractivity contribution in [1.82, 2.24) is 19.5 Å². The zero-order valence-electron chi connectivity index (χ0n) is 8.77. The van der Waals surface area contributed by atoms with Crippen molar-refractivity contribution >= 4 is 15.9 Å². The number of hydrogen-bond donors (Lipinski definition) is 1. The van der Waals surface area contributed by atoms with Gasteiger partial charge >= 0.3 is 0 Å². The molecule has 0 radical (unpaired) electrons. The molecule has 2 aromatic rings. The van der Waals surface area contributed by atoms with Gasteiger partial charge in [-0.1, -0.05) is 6.92 Å². The lowest BCUT2D eigenvalue weighted by molar-refractivity contribution is 0.791. The first-order valence-corrected chi connectivity index (χ1v) is 5.79. The molecule has 0 saturated heterocycles. The van der Waals surface area contributed by atoms with Crippen LogP contribution in [0.25, 0.3) is 5.82 Å². The normalized spacial score (nSPS) is 10.6. The Balaban J connectivity index is 2.54. The van der Waals surface area contributed by atoms with E-state index in [1.165, 1.54) is 6.33 Å². The fraction of sp³-hybridized carbons (Fsp3) is 0.300. The van der Waals surface area contributed by atoms with Crippen LogP contribution in [0.3, 0.4) is 0 Å². The van der Waals surface area contributed by atoms with E-state index in [2.05, 4.69) is 37.8 Å². The van der Waals surface area contributed by atoms with E-state index in [1.807, 2.05) is 4.57 Å². The maximum atomic E-state index is 11.4. The fourth-order valence-corrected chi connectivity index (χ4v) is 1.89. The standard InChI is InChI=1S/C10H11BrN4O/c1-2-3-7-12-4-5-15(7)9-8(11)10(16)14-6-13-9/h4-6H,2-3H2,1H3,(H,13,14,16). The second-order valence-corrected chi connectivity index (χ2v) is 4.13. The van der Waals surface area contributed by atoms with Gasteiger partial charge in [0.15, 0.2) is 5.82 Å². The second kappa shape index (κ2) is 4.61. The molecule has 0 fully saturated rings. The first kappa shape index (κ1) is 11.1. The summed E-state index contributed by atoms with van der Waals surface area (Å²) in [4.78, 5) is 22.3. The van der Waals surface area contributed by atoms with Gasteiger partial charge in [-0.3, -0.25) is 9.36 Å². The van der Waals surface area contributed by atoms with Crippen LogP contribution in [0.15, 0.2) is 28.0 Å². The Bertz CT molecular complexity index is 546. The van der Waals surface area contributed by atoms with Gasteiger partial charge < -0.3 is 4.98 Å². The molecule has 0 saturated carbocycles. The summed E-state index contributed by atoms with van der Waals surface area (Å²) in [7, 11) is 0. The van der Waals surface area contributed by atoms with E-state index in [1.54, 1.807) is 12.4 Å². The lowest BCUT2D eigenvalue weighted by Gasteiger charge is -2.06. The Hall–Kier alpha value is -1.43. The molecular formula is C10H11BrN4O. The Morgan fingerprint density at radius 2 is 2.31 bits per heavy atom. The van der Waals surface area contributed by atoms with Gasteiger partial charge in [-0.25, -0.2) is 9.97 Å². The maximum Gasteiger partial charge on any atom is 0.267 e. The summed E-state index contributed by atoms with van der Waals surface area (Å²) in [6.45, 7) is 2.08. The molecule has 5 nitrogen and oxygen atoms in total. The number of hydrogen-bond acceptors (Lipinski definition) is 3. The third kappa shape index (κ3) is 1.92. The van der Waals surface area contributed by atoms with Gasteiger partial charge in [0, 0.05) is 18.8 Å². The van der Waals surface area contributed by atoms with Crippen LogP contribution in [0.1, 0.15) is 19.2 Å². The number of imidazole rings is 1. The fourth-order valence-electron chi connectivity index (χ4n) is 1.48. The largest absolute Gasteiger partial charge is 0.312 e. The summed E-state index contributed by atoms with van der Waals surface area (Å²) in [5.41, 5.74) is -0.193. The highest BCUT2D eigenvalue weighted by Gasteiger charge is 2.10. The van der Waals surface area contributed by atoms with Crippen LogP contribution in [0.4, 0.5) is 0 Å². The minimum Gasteiger partial charge on any atom is -0.312 e. The molecule has 84 valence electrons. The average Bonchev–Trinajstić information content (AvgIpc) is 2.71. The zero-order chi connectivity index (χ0) is 11.5. The Kier molecular flexibility index (Phi) is 3.19. The zero-order valence-corrected chi connectivity index (χ0v) is 10.4. The van der Waals surface area contributed by atoms with Crippen molar-refractivity contribution in [2.24, 2.45) is 0 Å². The number of nitrogens with one attached hydrogen (secondary N) is 1. The molecule has 0 unspecified atom stereocenters. The molecule has 1 N–H and O–H groups in total. The molecule has 2 heterocycles. The number of nitrogens with zero attached hydrogens (tertiary/aromatic N) is 3. The highest BCUT2D eigenvalue weighted by Crippen LogP contribution is 2.15. The molecule has 2 aromatic heterocycles. The van der Waals surface area contributed by atoms with Crippen molar-refractivity contribution in [2.45, 2.75) is 19.8 Å². The van der Waals surface area contributed by atoms with Gasteiger partial charge in [-0.15, -0.1) is 0 Å². The molecular weight excluding hydrogens is 272 g/mol. The molecule has 0 aromatic carbocycles. The van der Waals surface area contributed by atoms with E-state index in [0.29, 0.717) is 10.3 Å². The summed E-state index contributed by atoms with van der Waals surface area (Å²) in [6.07, 6.45) is 6.75. The van der Waals surface area contributed by atoms with Gasteiger partial charge in [-0.05, 0) is 22.4 Å². The average molecular weight is 283 g/mol. The second-order valence-electron chi connectivity index (χ2n) is 3.33. The van der Waals surface area contributed by atoms with Crippen LogP contribution in [0.5, 0.6) is 0 Å². The highest BCUT2D eigenvalue weighted by molar-refractivity contribution is 9.10. The summed E-state index contributed by atoms with van der Waals surface area (Å²) in [5, 5.41) is 0. The van der Waals surface area contributed by atoms with Crippen molar-refractivity contribution in [1.29, 1.82) is 0 Å². The predicted molar refractivity (Wildman–Crippen MR) is 63.7 cm³/mol. The molecule has 0 amide bonds. The highest BCUT2D eigenvalue weighted by atomic mass is 79.9. The van der Waals surface area contributed by atoms with Crippen LogP contribution in [0, 0.1) is 0 Å². The van der Waals surface area contributed by atoms with E-state index in [-0.39, 0.29) is 5.56 Å². The smallest absolute Gasteiger partial charge is 0.267 e. The lowest BCUT2D eigenvalue weighted by atomic mass is 10.3. The van der Waals surface area contributed by atoms with E-state index in [4.69, 9.17) is 0 Å². The number of halogens is 1. The Labute approximate surface area is 101 Å². The van der Waals surface area contributed by atoms with Crippen molar-refractivity contribution in [3.8, 4) is 5.82 Å². The SMILES string of the molecule is CCCc1nccn1-c1nc[nH]c(=O)c1Br. The maximum absolute atomic E-state index is 11.4. The van der Waals surface area contributed by atoms with Crippen LogP contribution >= 0.6 is 15.9 Å². The molecule has 2 rings (SSSR count). The minimum absolute atomic E-state index is 0.193. The van der Waals surface area contributed by atoms with Crippen LogP contribution in [-0.2, 0) is 6.42 Å². The third-order valence-corrected chi connectivity index (χ3v) is 2.91. The summed E-state index contributed by atoms with van der Waals surface area (Å²) in [5.74, 6) is 1.48. The van der Waals surface area contributed by atoms with Crippen molar-refractivity contribution in [2.75, 3.05) is 0 Å². The number of aromatic nitrogens is 4. The molecule has 0 aliphatic heterocycles. The first-order chi connectivity index (χ1) is 7.74. The van der Waals surface area contributed by atoms with Gasteiger partial charge in [0.1, 0.15) is 10.3 Å². The number of H-pyrrole nitrogens is 1. The summed E-state index contributed by atoms with van der Waals surface area (Å²) < 4.78 is 2.24. The van der Waals surface area contributed by atoms with E-state index in [0.717, 1.165) is 18.7 Å². The molecule has 0 aliphatic carbocycles. The van der Waals surface area contributed by atoms with Gasteiger partial charge in [-0.2, -0.15) is 0 Å². The van der Waals surface area contributed by atoms with E-state index in [9.17, 15) is 4.79 Å². The van der Waals surface area contributed by atoms with Gasteiger partial charge in [0.2, 0.25) is 0 Å². The minimum atomic E-state index is -0.193. The molecule has 16 heavy (non-hydrogen) atoms. The Morgan fingerprint density at radius 1 is 1.50 bits per heavy atom. The topological polar surface area (TPSA) is 63.6 Å². The molecule has 0 bridgehead atoms. The van der Waals surface area contributed by atoms with Crippen molar-refractivity contribution in [3.63, 3.8) is 0 Å². The first-order valence-electron chi connectivity index (χ1n) is 4.99. The van der Waals surface area contributed by atoms with Crippen molar-refractivity contribution < 1.29 is 0 Å². The van der Waals surface area contributed by atoms with Gasteiger partial charge in [0.25, 0.3) is 5.56 Å².